The number of carbonyl (C=O) groups excluding carboxylic acids is 1. The minimum atomic E-state index is -0.524. The Balaban J connectivity index is 1.99. The number of ether oxygens (including phenoxy) is 1. The van der Waals surface area contributed by atoms with Crippen LogP contribution in [-0.2, 0) is 11.3 Å². The zero-order chi connectivity index (χ0) is 15.2. The molecule has 0 saturated carbocycles. The number of rotatable bonds is 4. The summed E-state index contributed by atoms with van der Waals surface area (Å²) in [6.07, 6.45) is 4.02. The Bertz CT molecular complexity index is 485. The van der Waals surface area contributed by atoms with E-state index in [9.17, 15) is 4.79 Å². The largest absolute Gasteiger partial charge is 0.479 e. The highest BCUT2D eigenvalue weighted by Crippen LogP contribution is 2.26. The molecule has 1 aromatic rings. The standard InChI is InChI=1S/C16H23ClN2O2/c1-12(16(20)19-8-4-2-3-5-9-19)21-15-7-6-13(11-18)10-14(15)17/h6-7,10,12H,2-5,8-9,11,18H2,1H3. The number of carbonyl (C=O) groups is 1. The van der Waals surface area contributed by atoms with E-state index in [1.807, 2.05) is 11.0 Å². The third-order valence-corrected chi connectivity index (χ3v) is 4.10. The van der Waals surface area contributed by atoms with Gasteiger partial charge in [0.2, 0.25) is 0 Å². The molecule has 1 heterocycles. The predicted molar refractivity (Wildman–Crippen MR) is 84.5 cm³/mol. The van der Waals surface area contributed by atoms with Crippen molar-refractivity contribution in [2.75, 3.05) is 13.1 Å². The minimum absolute atomic E-state index is 0.0378. The molecule has 116 valence electrons. The van der Waals surface area contributed by atoms with E-state index in [1.165, 1.54) is 12.8 Å². The SMILES string of the molecule is CC(Oc1ccc(CN)cc1Cl)C(=O)N1CCCCCC1. The first-order chi connectivity index (χ1) is 10.1. The van der Waals surface area contributed by atoms with Crippen molar-refractivity contribution in [1.82, 2.24) is 4.90 Å². The maximum Gasteiger partial charge on any atom is 0.263 e. The molecule has 1 aliphatic heterocycles. The topological polar surface area (TPSA) is 55.6 Å². The van der Waals surface area contributed by atoms with Gasteiger partial charge in [0.15, 0.2) is 6.10 Å². The van der Waals surface area contributed by atoms with Crippen LogP contribution in [-0.4, -0.2) is 30.0 Å². The van der Waals surface area contributed by atoms with Crippen LogP contribution in [0.1, 0.15) is 38.2 Å². The van der Waals surface area contributed by atoms with Crippen molar-refractivity contribution in [2.45, 2.75) is 45.3 Å². The quantitative estimate of drug-likeness (QED) is 0.930. The molecule has 1 unspecified atom stereocenters. The molecule has 4 nitrogen and oxygen atoms in total. The fourth-order valence-corrected chi connectivity index (χ4v) is 2.80. The van der Waals surface area contributed by atoms with E-state index in [0.29, 0.717) is 17.3 Å². The van der Waals surface area contributed by atoms with Gasteiger partial charge in [-0.2, -0.15) is 0 Å². The van der Waals surface area contributed by atoms with E-state index in [2.05, 4.69) is 0 Å². The van der Waals surface area contributed by atoms with Crippen molar-refractivity contribution in [3.8, 4) is 5.75 Å². The Morgan fingerprint density at radius 2 is 2.00 bits per heavy atom. The summed E-state index contributed by atoms with van der Waals surface area (Å²) in [6, 6.07) is 5.42. The lowest BCUT2D eigenvalue weighted by molar-refractivity contribution is -0.137. The first-order valence-electron chi connectivity index (χ1n) is 7.55. The second-order valence-corrected chi connectivity index (χ2v) is 5.88. The molecule has 0 bridgehead atoms. The third kappa shape index (κ3) is 4.35. The maximum absolute atomic E-state index is 12.4. The second kappa shape index (κ2) is 7.66. The van der Waals surface area contributed by atoms with Crippen LogP contribution in [0.25, 0.3) is 0 Å². The van der Waals surface area contributed by atoms with Gasteiger partial charge in [0.05, 0.1) is 5.02 Å². The number of benzene rings is 1. The molecule has 1 saturated heterocycles. The highest BCUT2D eigenvalue weighted by Gasteiger charge is 2.23. The van der Waals surface area contributed by atoms with Gasteiger partial charge < -0.3 is 15.4 Å². The van der Waals surface area contributed by atoms with Gasteiger partial charge >= 0.3 is 0 Å². The number of hydrogen-bond acceptors (Lipinski definition) is 3. The number of hydrogen-bond donors (Lipinski definition) is 1. The molecule has 0 aliphatic carbocycles. The van der Waals surface area contributed by atoms with E-state index in [4.69, 9.17) is 22.1 Å². The molecule has 0 aromatic heterocycles. The van der Waals surface area contributed by atoms with E-state index >= 15 is 0 Å². The van der Waals surface area contributed by atoms with Crippen LogP contribution in [0.4, 0.5) is 0 Å². The van der Waals surface area contributed by atoms with Gasteiger partial charge in [-0.05, 0) is 37.5 Å². The number of nitrogens with two attached hydrogens (primary N) is 1. The molecule has 1 aliphatic rings. The zero-order valence-corrected chi connectivity index (χ0v) is 13.2. The molecule has 0 spiro atoms. The lowest BCUT2D eigenvalue weighted by Gasteiger charge is -2.24. The van der Waals surface area contributed by atoms with Crippen molar-refractivity contribution in [1.29, 1.82) is 0 Å². The van der Waals surface area contributed by atoms with Crippen molar-refractivity contribution in [3.63, 3.8) is 0 Å². The Kier molecular flexibility index (Phi) is 5.88. The van der Waals surface area contributed by atoms with Gasteiger partial charge in [-0.1, -0.05) is 30.5 Å². The van der Waals surface area contributed by atoms with Gasteiger partial charge in [0.25, 0.3) is 5.91 Å². The molecule has 0 radical (unpaired) electrons. The van der Waals surface area contributed by atoms with Gasteiger partial charge in [0, 0.05) is 19.6 Å². The summed E-state index contributed by atoms with van der Waals surface area (Å²) in [6.45, 7) is 3.86. The molecule has 21 heavy (non-hydrogen) atoms. The molecular weight excluding hydrogens is 288 g/mol. The van der Waals surface area contributed by atoms with E-state index in [-0.39, 0.29) is 5.91 Å². The van der Waals surface area contributed by atoms with Crippen LogP contribution in [0.15, 0.2) is 18.2 Å². The molecule has 1 aromatic carbocycles. The van der Waals surface area contributed by atoms with Crippen LogP contribution < -0.4 is 10.5 Å². The number of halogens is 1. The number of nitrogens with zero attached hydrogens (tertiary/aromatic N) is 1. The summed E-state index contributed by atoms with van der Waals surface area (Å²) in [5, 5.41) is 0.494. The van der Waals surface area contributed by atoms with Gasteiger partial charge in [-0.15, -0.1) is 0 Å². The Morgan fingerprint density at radius 3 is 2.57 bits per heavy atom. The molecule has 1 fully saturated rings. The number of amides is 1. The molecule has 1 amide bonds. The highest BCUT2D eigenvalue weighted by atomic mass is 35.5. The Morgan fingerprint density at radius 1 is 1.33 bits per heavy atom. The van der Waals surface area contributed by atoms with E-state index < -0.39 is 6.10 Å². The first-order valence-corrected chi connectivity index (χ1v) is 7.93. The van der Waals surface area contributed by atoms with Crippen LogP contribution in [0, 0.1) is 0 Å². The van der Waals surface area contributed by atoms with E-state index in [1.54, 1.807) is 19.1 Å². The molecule has 1 atom stereocenters. The summed E-state index contributed by atoms with van der Waals surface area (Å²) >= 11 is 6.16. The first kappa shape index (κ1) is 16.1. The third-order valence-electron chi connectivity index (χ3n) is 3.80. The fraction of sp³-hybridized carbons (Fsp3) is 0.562. The van der Waals surface area contributed by atoms with Crippen LogP contribution >= 0.6 is 11.6 Å². The van der Waals surface area contributed by atoms with Crippen LogP contribution in [0.2, 0.25) is 5.02 Å². The summed E-state index contributed by atoms with van der Waals surface area (Å²) in [5.41, 5.74) is 6.51. The minimum Gasteiger partial charge on any atom is -0.479 e. The average Bonchev–Trinajstić information content (AvgIpc) is 2.77. The fourth-order valence-electron chi connectivity index (χ4n) is 2.56. The maximum atomic E-state index is 12.4. The van der Waals surface area contributed by atoms with Gasteiger partial charge in [0.1, 0.15) is 5.75 Å². The second-order valence-electron chi connectivity index (χ2n) is 5.47. The van der Waals surface area contributed by atoms with Crippen molar-refractivity contribution in [3.05, 3.63) is 28.8 Å². The summed E-state index contributed by atoms with van der Waals surface area (Å²) in [5.74, 6) is 0.570. The van der Waals surface area contributed by atoms with Gasteiger partial charge in [-0.25, -0.2) is 0 Å². The van der Waals surface area contributed by atoms with Gasteiger partial charge in [-0.3, -0.25) is 4.79 Å². The zero-order valence-electron chi connectivity index (χ0n) is 12.5. The lowest BCUT2D eigenvalue weighted by atomic mass is 10.2. The smallest absolute Gasteiger partial charge is 0.263 e. The summed E-state index contributed by atoms with van der Waals surface area (Å²) in [4.78, 5) is 14.3. The van der Waals surface area contributed by atoms with Crippen molar-refractivity contribution < 1.29 is 9.53 Å². The van der Waals surface area contributed by atoms with E-state index in [0.717, 1.165) is 31.5 Å². The van der Waals surface area contributed by atoms with Crippen LogP contribution in [0.5, 0.6) is 5.75 Å². The normalized spacial score (nSPS) is 17.2. The summed E-state index contributed by atoms with van der Waals surface area (Å²) in [7, 11) is 0. The monoisotopic (exact) mass is 310 g/mol. The molecule has 2 rings (SSSR count). The van der Waals surface area contributed by atoms with Crippen molar-refractivity contribution >= 4 is 17.5 Å². The highest BCUT2D eigenvalue weighted by molar-refractivity contribution is 6.32. The van der Waals surface area contributed by atoms with Crippen molar-refractivity contribution in [2.24, 2.45) is 5.73 Å². The average molecular weight is 311 g/mol. The Hall–Kier alpha value is -1.26. The Labute approximate surface area is 131 Å². The molecule has 5 heteroatoms. The molecule has 2 N–H and O–H groups in total. The predicted octanol–water partition coefficient (Wildman–Crippen LogP) is 2.97. The lowest BCUT2D eigenvalue weighted by Crippen LogP contribution is -2.41. The van der Waals surface area contributed by atoms with Crippen LogP contribution in [0.3, 0.4) is 0 Å². The summed E-state index contributed by atoms with van der Waals surface area (Å²) < 4.78 is 5.74. The number of likely N-dealkylation sites (tertiary alicyclic amines) is 1. The molecular formula is C16H23ClN2O2.